The third-order valence-electron chi connectivity index (χ3n) is 11.7. The number of benzene rings is 10. The second kappa shape index (κ2) is 20.0. The SMILES string of the molecule is I.Ic1cccc2cccc(-c3ccc(-c4ccc5[nH]c6ccccc6c5c4)cc3)c12.Ic1cccc2cccc(I)c12.OB(O)c1ccc(-c2ccc3[nH]c4ccccc4c3c2)cc1.[HH]. The van der Waals surface area contributed by atoms with Gasteiger partial charge in [0.1, 0.15) is 0 Å². The maximum absolute atomic E-state index is 9.17. The van der Waals surface area contributed by atoms with Gasteiger partial charge in [-0.25, -0.2) is 0 Å². The van der Waals surface area contributed by atoms with Crippen LogP contribution in [0.4, 0.5) is 0 Å². The molecule has 318 valence electrons. The Morgan fingerprint density at radius 1 is 0.354 bits per heavy atom. The van der Waals surface area contributed by atoms with E-state index in [1.807, 2.05) is 24.3 Å². The van der Waals surface area contributed by atoms with Crippen LogP contribution < -0.4 is 5.46 Å². The van der Waals surface area contributed by atoms with Gasteiger partial charge in [-0.2, -0.15) is 0 Å². The summed E-state index contributed by atoms with van der Waals surface area (Å²) in [4.78, 5) is 6.92. The number of halogens is 4. The molecule has 2 heterocycles. The Bertz CT molecular complexity index is 3610. The van der Waals surface area contributed by atoms with Gasteiger partial charge in [0.2, 0.25) is 0 Å². The van der Waals surface area contributed by atoms with Crippen LogP contribution in [0.15, 0.2) is 206 Å². The molecule has 4 N–H and O–H groups in total. The van der Waals surface area contributed by atoms with Gasteiger partial charge in [0, 0.05) is 66.5 Å². The molecule has 0 saturated heterocycles. The summed E-state index contributed by atoms with van der Waals surface area (Å²) in [6.07, 6.45) is 0. The fourth-order valence-corrected chi connectivity index (χ4v) is 11.5. The molecule has 12 aromatic rings. The summed E-state index contributed by atoms with van der Waals surface area (Å²) in [6, 6.07) is 71.8. The van der Waals surface area contributed by atoms with E-state index in [9.17, 15) is 0 Å². The molecule has 9 heteroatoms. The van der Waals surface area contributed by atoms with Crippen molar-refractivity contribution in [3.63, 3.8) is 0 Å². The van der Waals surface area contributed by atoms with E-state index in [0.717, 1.165) is 22.2 Å². The van der Waals surface area contributed by atoms with Gasteiger partial charge in [-0.15, -0.1) is 24.0 Å². The Kier molecular flexibility index (Phi) is 14.0. The Morgan fingerprint density at radius 3 is 1.22 bits per heavy atom. The van der Waals surface area contributed by atoms with Crippen molar-refractivity contribution >= 4 is 169 Å². The number of aromatic amines is 2. The topological polar surface area (TPSA) is 72.0 Å². The molecule has 2 aromatic heterocycles. The summed E-state index contributed by atoms with van der Waals surface area (Å²) in [7, 11) is -1.43. The lowest BCUT2D eigenvalue weighted by molar-refractivity contribution is 0.426. The van der Waals surface area contributed by atoms with Gasteiger partial charge in [-0.05, 0) is 172 Å². The molecular formula is C56H41BI4N2O2. The Balaban J connectivity index is 0.000000144. The monoisotopic (exact) mass is 1290 g/mol. The highest BCUT2D eigenvalue weighted by molar-refractivity contribution is 14.1. The van der Waals surface area contributed by atoms with Crippen molar-refractivity contribution in [3.05, 3.63) is 217 Å². The molecule has 0 aliphatic heterocycles. The number of aromatic nitrogens is 2. The van der Waals surface area contributed by atoms with Crippen molar-refractivity contribution in [2.45, 2.75) is 0 Å². The number of hydrogen-bond acceptors (Lipinski definition) is 2. The quantitative estimate of drug-likeness (QED) is 0.105. The van der Waals surface area contributed by atoms with Gasteiger partial charge >= 0.3 is 7.12 Å². The summed E-state index contributed by atoms with van der Waals surface area (Å²) < 4.78 is 3.94. The van der Waals surface area contributed by atoms with Crippen LogP contribution in [-0.2, 0) is 0 Å². The lowest BCUT2D eigenvalue weighted by atomic mass is 9.80. The molecule has 0 radical (unpaired) electrons. The zero-order valence-corrected chi connectivity index (χ0v) is 43.4. The normalized spacial score (nSPS) is 11.0. The van der Waals surface area contributed by atoms with E-state index in [1.54, 1.807) is 12.1 Å². The third-order valence-corrected chi connectivity index (χ3v) is 14.4. The van der Waals surface area contributed by atoms with Crippen LogP contribution in [0.1, 0.15) is 1.43 Å². The molecule has 12 rings (SSSR count). The molecule has 0 unspecified atom stereocenters. The number of para-hydroxylation sites is 2. The first-order valence-electron chi connectivity index (χ1n) is 20.9. The summed E-state index contributed by atoms with van der Waals surface area (Å²) in [5, 5.41) is 28.6. The molecule has 0 aliphatic rings. The summed E-state index contributed by atoms with van der Waals surface area (Å²) in [5.41, 5.74) is 12.3. The first kappa shape index (κ1) is 45.4. The van der Waals surface area contributed by atoms with E-state index in [-0.39, 0.29) is 25.4 Å². The average molecular weight is 1290 g/mol. The number of nitrogens with one attached hydrogen (secondary N) is 2. The number of fused-ring (bicyclic) bond motifs is 8. The molecule has 0 saturated carbocycles. The van der Waals surface area contributed by atoms with Crippen LogP contribution in [0.3, 0.4) is 0 Å². The van der Waals surface area contributed by atoms with E-state index < -0.39 is 7.12 Å². The van der Waals surface area contributed by atoms with Gasteiger partial charge < -0.3 is 20.0 Å². The summed E-state index contributed by atoms with van der Waals surface area (Å²) >= 11 is 7.20. The first-order chi connectivity index (χ1) is 31.3. The molecule has 0 atom stereocenters. The van der Waals surface area contributed by atoms with Crippen molar-refractivity contribution in [2.75, 3.05) is 0 Å². The lowest BCUT2D eigenvalue weighted by Crippen LogP contribution is -2.29. The minimum Gasteiger partial charge on any atom is -0.423 e. The zero-order valence-electron chi connectivity index (χ0n) is 34.6. The molecule has 0 spiro atoms. The van der Waals surface area contributed by atoms with E-state index >= 15 is 0 Å². The Morgan fingerprint density at radius 2 is 0.738 bits per heavy atom. The van der Waals surface area contributed by atoms with Crippen LogP contribution in [0.2, 0.25) is 0 Å². The molecular weight excluding hydrogens is 1250 g/mol. The van der Waals surface area contributed by atoms with Crippen LogP contribution in [0.5, 0.6) is 0 Å². The third kappa shape index (κ3) is 9.45. The molecule has 0 bridgehead atoms. The molecule has 65 heavy (non-hydrogen) atoms. The minimum atomic E-state index is -1.43. The average Bonchev–Trinajstić information content (AvgIpc) is 3.90. The van der Waals surface area contributed by atoms with Crippen LogP contribution in [0, 0.1) is 10.7 Å². The zero-order chi connectivity index (χ0) is 43.7. The van der Waals surface area contributed by atoms with Crippen LogP contribution >= 0.6 is 91.7 Å². The van der Waals surface area contributed by atoms with Gasteiger partial charge in [0.05, 0.1) is 0 Å². The minimum absolute atomic E-state index is 0. The molecule has 0 amide bonds. The fraction of sp³-hybridized carbons (Fsp3) is 0. The van der Waals surface area contributed by atoms with E-state index in [0.29, 0.717) is 5.46 Å². The van der Waals surface area contributed by atoms with E-state index in [2.05, 4.69) is 248 Å². The molecule has 0 fully saturated rings. The van der Waals surface area contributed by atoms with Gasteiger partial charge in [-0.3, -0.25) is 0 Å². The Hall–Kier alpha value is -4.78. The highest BCUT2D eigenvalue weighted by Crippen LogP contribution is 2.35. The summed E-state index contributed by atoms with van der Waals surface area (Å²) in [5.74, 6) is 0. The van der Waals surface area contributed by atoms with Gasteiger partial charge in [0.15, 0.2) is 0 Å². The first-order valence-corrected chi connectivity index (χ1v) is 24.1. The van der Waals surface area contributed by atoms with Crippen molar-refractivity contribution in [2.24, 2.45) is 0 Å². The Labute approximate surface area is 436 Å². The van der Waals surface area contributed by atoms with Crippen molar-refractivity contribution in [3.8, 4) is 33.4 Å². The fourth-order valence-electron chi connectivity index (χ4n) is 8.53. The molecule has 0 aliphatic carbocycles. The predicted octanol–water partition coefficient (Wildman–Crippen LogP) is 16.0. The van der Waals surface area contributed by atoms with Gasteiger partial charge in [0.25, 0.3) is 0 Å². The lowest BCUT2D eigenvalue weighted by Gasteiger charge is -2.10. The number of rotatable bonds is 4. The van der Waals surface area contributed by atoms with E-state index in [1.165, 1.54) is 87.1 Å². The smallest absolute Gasteiger partial charge is 0.423 e. The highest BCUT2D eigenvalue weighted by atomic mass is 127. The van der Waals surface area contributed by atoms with E-state index in [4.69, 9.17) is 10.0 Å². The van der Waals surface area contributed by atoms with Crippen LogP contribution in [0.25, 0.3) is 98.5 Å². The maximum atomic E-state index is 9.17. The second-order valence-corrected chi connectivity index (χ2v) is 19.1. The highest BCUT2D eigenvalue weighted by Gasteiger charge is 2.12. The number of hydrogen-bond donors (Lipinski definition) is 4. The van der Waals surface area contributed by atoms with Gasteiger partial charge in [-0.1, -0.05) is 152 Å². The summed E-state index contributed by atoms with van der Waals surface area (Å²) in [6.45, 7) is 0. The second-order valence-electron chi connectivity index (χ2n) is 15.7. The standard InChI is InChI=1S/C28H18IN.C18H14BNO2.C10H6I2.HI.H2/c29-25-9-4-6-20-5-3-8-22(28(20)25)19-13-11-18(12-14-19)21-15-16-27-24(17-21)23-7-1-2-10-26(23)30-27;21-19(22)14-8-5-12(6-9-14)13-7-10-18-16(11-13)15-3-1-2-4-17(15)20-18;11-8-5-1-3-7-4-2-6-9(12)10(7)8;;/h1-17,30H;1-11,20-22H;1-6H;2*1H. The maximum Gasteiger partial charge on any atom is 0.488 e. The van der Waals surface area contributed by atoms with Crippen molar-refractivity contribution < 1.29 is 11.5 Å². The molecule has 10 aromatic carbocycles. The van der Waals surface area contributed by atoms with Crippen LogP contribution in [-0.4, -0.2) is 27.1 Å². The predicted molar refractivity (Wildman–Crippen MR) is 315 cm³/mol. The number of H-pyrrole nitrogens is 2. The van der Waals surface area contributed by atoms with Crippen molar-refractivity contribution in [1.29, 1.82) is 0 Å². The largest absolute Gasteiger partial charge is 0.488 e. The molecule has 4 nitrogen and oxygen atoms in total. The van der Waals surface area contributed by atoms with Crippen molar-refractivity contribution in [1.82, 2.24) is 9.97 Å².